The van der Waals surface area contributed by atoms with E-state index in [0.29, 0.717) is 18.1 Å². The molecule has 0 aromatic heterocycles. The van der Waals surface area contributed by atoms with Gasteiger partial charge < -0.3 is 4.79 Å². The zero-order chi connectivity index (χ0) is 16.1. The summed E-state index contributed by atoms with van der Waals surface area (Å²) in [5, 5.41) is 0. The lowest BCUT2D eigenvalue weighted by molar-refractivity contribution is -0.129. The second-order valence-electron chi connectivity index (χ2n) is 7.66. The molecule has 2 fully saturated rings. The van der Waals surface area contributed by atoms with Crippen molar-refractivity contribution in [3.8, 4) is 0 Å². The fourth-order valence-electron chi connectivity index (χ4n) is 5.22. The van der Waals surface area contributed by atoms with Crippen LogP contribution in [0, 0.1) is 35.0 Å². The topological polar surface area (TPSA) is 34.1 Å². The van der Waals surface area contributed by atoms with Crippen molar-refractivity contribution in [2.75, 3.05) is 0 Å². The minimum Gasteiger partial charge on any atom is -0.302 e. The van der Waals surface area contributed by atoms with Gasteiger partial charge >= 0.3 is 0 Å². The molecule has 0 N–H and O–H groups in total. The van der Waals surface area contributed by atoms with Crippen LogP contribution in [-0.2, 0) is 9.59 Å². The summed E-state index contributed by atoms with van der Waals surface area (Å²) in [5.41, 5.74) is 2.24. The van der Waals surface area contributed by atoms with Crippen LogP contribution in [0.2, 0.25) is 0 Å². The van der Waals surface area contributed by atoms with Crippen LogP contribution in [0.3, 0.4) is 0 Å². The predicted octanol–water partition coefficient (Wildman–Crippen LogP) is 4.13. The normalized spacial score (nSPS) is 42.6. The predicted molar refractivity (Wildman–Crippen MR) is 88.2 cm³/mol. The number of rotatable bonds is 4. The van der Waals surface area contributed by atoms with Gasteiger partial charge in [-0.2, -0.15) is 0 Å². The first-order valence-corrected chi connectivity index (χ1v) is 8.40. The largest absolute Gasteiger partial charge is 0.302 e. The van der Waals surface area contributed by atoms with Crippen LogP contribution < -0.4 is 0 Å². The highest BCUT2D eigenvalue weighted by atomic mass is 16.1. The summed E-state index contributed by atoms with van der Waals surface area (Å²) >= 11 is 0. The van der Waals surface area contributed by atoms with E-state index < -0.39 is 0 Å². The van der Waals surface area contributed by atoms with Crippen LogP contribution in [-0.4, -0.2) is 12.1 Å². The molecule has 3 aliphatic rings. The summed E-state index contributed by atoms with van der Waals surface area (Å²) < 4.78 is 0. The summed E-state index contributed by atoms with van der Waals surface area (Å²) in [4.78, 5) is 24.3. The Morgan fingerprint density at radius 2 is 2.05 bits per heavy atom. The molecule has 118 valence electrons. The zero-order valence-corrected chi connectivity index (χ0v) is 14.0. The first-order valence-electron chi connectivity index (χ1n) is 8.40. The molecule has 6 atom stereocenters. The average Bonchev–Trinajstić information content (AvgIpc) is 3.04. The average molecular weight is 298 g/mol. The van der Waals surface area contributed by atoms with E-state index in [1.54, 1.807) is 0 Å². The molecule has 0 radical (unpaired) electrons. The molecule has 0 spiro atoms. The SMILES string of the molecule is CC(C)=CC/C=C(/C)[C@@H]1C=C[C@@]2(C=O)[C@@H]1[C@@H]1C(=O)C[C@H]2[C@H]1C. The van der Waals surface area contributed by atoms with Gasteiger partial charge in [0.05, 0.1) is 5.41 Å². The van der Waals surface area contributed by atoms with Gasteiger partial charge in [0.15, 0.2) is 0 Å². The number of ketones is 1. The van der Waals surface area contributed by atoms with E-state index in [4.69, 9.17) is 0 Å². The molecular weight excluding hydrogens is 272 g/mol. The Bertz CT molecular complexity index is 591. The molecule has 3 aliphatic carbocycles. The van der Waals surface area contributed by atoms with Crippen LogP contribution in [0.15, 0.2) is 35.5 Å². The van der Waals surface area contributed by atoms with Gasteiger partial charge in [-0.1, -0.05) is 42.4 Å². The Morgan fingerprint density at radius 3 is 2.68 bits per heavy atom. The van der Waals surface area contributed by atoms with Gasteiger partial charge in [-0.3, -0.25) is 4.79 Å². The standard InChI is InChI=1S/C20H26O2/c1-12(2)6-5-7-13(3)15-8-9-20(11-21)16-10-17(22)18(14(16)4)19(15)20/h6-9,11,14-16,18-19H,5,10H2,1-4H3/b13-7-/t14-,15+,16+,18+,19+,20+/m1/s1. The fraction of sp³-hybridized carbons (Fsp3) is 0.600. The van der Waals surface area contributed by atoms with Crippen molar-refractivity contribution in [2.45, 2.75) is 40.5 Å². The highest BCUT2D eigenvalue weighted by Gasteiger charge is 2.67. The summed E-state index contributed by atoms with van der Waals surface area (Å²) in [6.07, 6.45) is 11.5. The van der Waals surface area contributed by atoms with E-state index in [9.17, 15) is 9.59 Å². The Labute approximate surface area is 133 Å². The molecular formula is C20H26O2. The molecule has 22 heavy (non-hydrogen) atoms. The number of aldehydes is 1. The minimum atomic E-state index is -0.381. The van der Waals surface area contributed by atoms with Crippen LogP contribution in [0.1, 0.15) is 40.5 Å². The summed E-state index contributed by atoms with van der Waals surface area (Å²) in [7, 11) is 0. The quantitative estimate of drug-likeness (QED) is 0.577. The maximum absolute atomic E-state index is 12.3. The van der Waals surface area contributed by atoms with E-state index >= 15 is 0 Å². The van der Waals surface area contributed by atoms with Crippen molar-refractivity contribution in [2.24, 2.45) is 35.0 Å². The van der Waals surface area contributed by atoms with Crippen molar-refractivity contribution in [3.63, 3.8) is 0 Å². The number of hydrogen-bond donors (Lipinski definition) is 0. The van der Waals surface area contributed by atoms with Gasteiger partial charge in [0.1, 0.15) is 12.1 Å². The van der Waals surface area contributed by atoms with Gasteiger partial charge in [-0.15, -0.1) is 0 Å². The van der Waals surface area contributed by atoms with Gasteiger partial charge in [-0.25, -0.2) is 0 Å². The molecule has 0 amide bonds. The number of carbonyl (C=O) groups excluding carboxylic acids is 2. The third kappa shape index (κ3) is 2.00. The van der Waals surface area contributed by atoms with Gasteiger partial charge in [0, 0.05) is 18.3 Å². The van der Waals surface area contributed by atoms with Crippen molar-refractivity contribution < 1.29 is 9.59 Å². The maximum atomic E-state index is 12.3. The Morgan fingerprint density at radius 1 is 1.32 bits per heavy atom. The van der Waals surface area contributed by atoms with Crippen molar-refractivity contribution >= 4 is 12.1 Å². The molecule has 0 aromatic carbocycles. The number of Topliss-reactive ketones (excluding diaryl/α,β-unsaturated/α-hetero) is 1. The first kappa shape index (κ1) is 15.5. The highest BCUT2D eigenvalue weighted by Crippen LogP contribution is 2.66. The third-order valence-corrected chi connectivity index (χ3v) is 6.28. The Balaban J connectivity index is 1.90. The van der Waals surface area contributed by atoms with E-state index in [0.717, 1.165) is 12.7 Å². The molecule has 2 heteroatoms. The van der Waals surface area contributed by atoms with E-state index in [1.807, 2.05) is 0 Å². The van der Waals surface area contributed by atoms with Gasteiger partial charge in [-0.05, 0) is 44.9 Å². The molecule has 0 aliphatic heterocycles. The monoisotopic (exact) mass is 298 g/mol. The van der Waals surface area contributed by atoms with E-state index in [1.165, 1.54) is 11.1 Å². The van der Waals surface area contributed by atoms with Crippen LogP contribution in [0.5, 0.6) is 0 Å². The number of fused-ring (bicyclic) bond motifs is 5. The zero-order valence-electron chi connectivity index (χ0n) is 14.0. The minimum absolute atomic E-state index is 0.0713. The molecule has 0 saturated heterocycles. The van der Waals surface area contributed by atoms with Crippen LogP contribution in [0.4, 0.5) is 0 Å². The summed E-state index contributed by atoms with van der Waals surface area (Å²) in [6.45, 7) is 8.52. The lowest BCUT2D eigenvalue weighted by Crippen LogP contribution is -2.39. The van der Waals surface area contributed by atoms with E-state index in [2.05, 4.69) is 52.0 Å². The molecule has 0 aromatic rings. The maximum Gasteiger partial charge on any atom is 0.136 e. The van der Waals surface area contributed by atoms with Crippen molar-refractivity contribution in [1.29, 1.82) is 0 Å². The Hall–Kier alpha value is -1.44. The summed E-state index contributed by atoms with van der Waals surface area (Å²) in [6, 6.07) is 0. The molecule has 2 nitrogen and oxygen atoms in total. The van der Waals surface area contributed by atoms with Crippen LogP contribution >= 0.6 is 0 Å². The Kier molecular flexibility index (Phi) is 3.74. The van der Waals surface area contributed by atoms with Gasteiger partial charge in [0.25, 0.3) is 0 Å². The third-order valence-electron chi connectivity index (χ3n) is 6.28. The lowest BCUT2D eigenvalue weighted by atomic mass is 9.65. The van der Waals surface area contributed by atoms with Crippen molar-refractivity contribution in [3.05, 3.63) is 35.5 Å². The van der Waals surface area contributed by atoms with Crippen LogP contribution in [0.25, 0.3) is 0 Å². The lowest BCUT2D eigenvalue weighted by Gasteiger charge is -2.36. The fourth-order valence-corrected chi connectivity index (χ4v) is 5.22. The molecule has 0 heterocycles. The first-order chi connectivity index (χ1) is 10.4. The number of allylic oxidation sites excluding steroid dienone is 6. The molecule has 2 saturated carbocycles. The second kappa shape index (κ2) is 5.33. The van der Waals surface area contributed by atoms with E-state index in [-0.39, 0.29) is 29.1 Å². The molecule has 3 rings (SSSR count). The molecule has 0 unspecified atom stereocenters. The smallest absolute Gasteiger partial charge is 0.136 e. The highest BCUT2D eigenvalue weighted by molar-refractivity contribution is 5.89. The molecule has 2 bridgehead atoms. The van der Waals surface area contributed by atoms with Crippen molar-refractivity contribution in [1.82, 2.24) is 0 Å². The summed E-state index contributed by atoms with van der Waals surface area (Å²) in [5.74, 6) is 1.43. The second-order valence-corrected chi connectivity index (χ2v) is 7.66. The number of carbonyl (C=O) groups is 2. The number of hydrogen-bond acceptors (Lipinski definition) is 2. The van der Waals surface area contributed by atoms with Gasteiger partial charge in [0.2, 0.25) is 0 Å².